The molecular formula is C33H72. The topological polar surface area (TPSA) is 0 Å². The van der Waals surface area contributed by atoms with Gasteiger partial charge in [-0.2, -0.15) is 0 Å². The van der Waals surface area contributed by atoms with E-state index in [2.05, 4.69) is 62.3 Å². The SMILES string of the molecule is CC.CC.CC1CCC(C)CC1.CCCCCCCCCCCCC(C(C)(C)C)C(C)(C)C. The summed E-state index contributed by atoms with van der Waals surface area (Å²) < 4.78 is 0. The highest BCUT2D eigenvalue weighted by atomic mass is 14.4. The van der Waals surface area contributed by atoms with Gasteiger partial charge in [0, 0.05) is 0 Å². The highest BCUT2D eigenvalue weighted by Crippen LogP contribution is 2.43. The molecule has 0 spiro atoms. The van der Waals surface area contributed by atoms with Crippen molar-refractivity contribution in [2.24, 2.45) is 28.6 Å². The van der Waals surface area contributed by atoms with Gasteiger partial charge in [0.05, 0.1) is 0 Å². The van der Waals surface area contributed by atoms with Gasteiger partial charge < -0.3 is 0 Å². The molecule has 1 aliphatic rings. The Bertz CT molecular complexity index is 321. The Hall–Kier alpha value is 0. The molecule has 0 aromatic rings. The zero-order chi connectivity index (χ0) is 26.3. The van der Waals surface area contributed by atoms with Crippen molar-refractivity contribution in [1.29, 1.82) is 0 Å². The first kappa shape index (κ1) is 37.5. The molecule has 0 aliphatic heterocycles. The summed E-state index contributed by atoms with van der Waals surface area (Å²) in [5, 5.41) is 0. The lowest BCUT2D eigenvalue weighted by Gasteiger charge is -2.41. The fraction of sp³-hybridized carbons (Fsp3) is 1.00. The van der Waals surface area contributed by atoms with Crippen LogP contribution in [0.3, 0.4) is 0 Å². The fourth-order valence-electron chi connectivity index (χ4n) is 5.43. The Morgan fingerprint density at radius 2 is 0.788 bits per heavy atom. The van der Waals surface area contributed by atoms with E-state index < -0.39 is 0 Å². The Morgan fingerprint density at radius 1 is 0.515 bits per heavy atom. The van der Waals surface area contributed by atoms with Crippen LogP contribution in [0.2, 0.25) is 0 Å². The van der Waals surface area contributed by atoms with Crippen LogP contribution in [0.25, 0.3) is 0 Å². The first-order valence-electron chi connectivity index (χ1n) is 15.5. The van der Waals surface area contributed by atoms with E-state index in [-0.39, 0.29) is 0 Å². The van der Waals surface area contributed by atoms with Crippen LogP contribution in [0.5, 0.6) is 0 Å². The summed E-state index contributed by atoms with van der Waals surface area (Å²) in [5.74, 6) is 2.87. The third-order valence-electron chi connectivity index (χ3n) is 7.24. The average Bonchev–Trinajstić information content (AvgIpc) is 2.75. The van der Waals surface area contributed by atoms with Gasteiger partial charge >= 0.3 is 0 Å². The first-order valence-corrected chi connectivity index (χ1v) is 15.5. The van der Waals surface area contributed by atoms with Gasteiger partial charge in [0.1, 0.15) is 0 Å². The lowest BCUT2D eigenvalue weighted by Crippen LogP contribution is -2.32. The van der Waals surface area contributed by atoms with E-state index in [1.807, 2.05) is 27.7 Å². The molecule has 0 aromatic heterocycles. The van der Waals surface area contributed by atoms with Crippen LogP contribution < -0.4 is 0 Å². The molecule has 0 unspecified atom stereocenters. The zero-order valence-electron chi connectivity index (χ0n) is 26.3. The van der Waals surface area contributed by atoms with Gasteiger partial charge in [-0.1, -0.05) is 180 Å². The zero-order valence-corrected chi connectivity index (χ0v) is 26.3. The normalized spacial score (nSPS) is 18.4. The van der Waals surface area contributed by atoms with E-state index in [9.17, 15) is 0 Å². The molecule has 1 aliphatic carbocycles. The molecule has 0 heterocycles. The number of hydrogen-bond donors (Lipinski definition) is 0. The molecule has 0 aromatic carbocycles. The Kier molecular flexibility index (Phi) is 27.0. The highest BCUT2D eigenvalue weighted by molar-refractivity contribution is 4.83. The van der Waals surface area contributed by atoms with Gasteiger partial charge in [0.25, 0.3) is 0 Å². The molecule has 0 atom stereocenters. The van der Waals surface area contributed by atoms with Crippen LogP contribution in [0.1, 0.15) is 186 Å². The summed E-state index contributed by atoms with van der Waals surface area (Å²) in [6.45, 7) is 29.5. The summed E-state index contributed by atoms with van der Waals surface area (Å²) in [4.78, 5) is 0. The molecule has 0 saturated heterocycles. The van der Waals surface area contributed by atoms with Crippen LogP contribution in [0, 0.1) is 28.6 Å². The van der Waals surface area contributed by atoms with Gasteiger partial charge in [-0.3, -0.25) is 0 Å². The number of rotatable bonds is 11. The molecule has 1 fully saturated rings. The molecule has 0 bridgehead atoms. The summed E-state index contributed by atoms with van der Waals surface area (Å²) >= 11 is 0. The van der Waals surface area contributed by atoms with Gasteiger partial charge in [0.15, 0.2) is 0 Å². The highest BCUT2D eigenvalue weighted by Gasteiger charge is 2.33. The molecule has 204 valence electrons. The van der Waals surface area contributed by atoms with Gasteiger partial charge in [-0.15, -0.1) is 0 Å². The smallest absolute Gasteiger partial charge is 0.0317 e. The minimum atomic E-state index is 0.442. The van der Waals surface area contributed by atoms with Crippen molar-refractivity contribution in [1.82, 2.24) is 0 Å². The minimum Gasteiger partial charge on any atom is -0.0683 e. The van der Waals surface area contributed by atoms with Crippen molar-refractivity contribution >= 4 is 0 Å². The fourth-order valence-corrected chi connectivity index (χ4v) is 5.43. The van der Waals surface area contributed by atoms with Crippen LogP contribution in [0.4, 0.5) is 0 Å². The summed E-state index contributed by atoms with van der Waals surface area (Å²) in [7, 11) is 0. The molecule has 0 radical (unpaired) electrons. The number of hydrogen-bond acceptors (Lipinski definition) is 0. The maximum absolute atomic E-state index is 2.42. The van der Waals surface area contributed by atoms with Crippen molar-refractivity contribution in [3.63, 3.8) is 0 Å². The van der Waals surface area contributed by atoms with Gasteiger partial charge in [0.2, 0.25) is 0 Å². The second-order valence-corrected chi connectivity index (χ2v) is 12.6. The molecule has 0 amide bonds. The van der Waals surface area contributed by atoms with E-state index in [0.29, 0.717) is 10.8 Å². The molecular weight excluding hydrogens is 396 g/mol. The monoisotopic (exact) mass is 469 g/mol. The van der Waals surface area contributed by atoms with Crippen LogP contribution >= 0.6 is 0 Å². The van der Waals surface area contributed by atoms with Gasteiger partial charge in [-0.05, 0) is 35.0 Å². The quantitative estimate of drug-likeness (QED) is 0.264. The van der Waals surface area contributed by atoms with E-state index in [4.69, 9.17) is 0 Å². The van der Waals surface area contributed by atoms with E-state index in [1.54, 1.807) is 0 Å². The maximum atomic E-state index is 2.42. The minimum absolute atomic E-state index is 0.442. The molecule has 0 nitrogen and oxygen atoms in total. The second kappa shape index (κ2) is 23.7. The second-order valence-electron chi connectivity index (χ2n) is 12.6. The van der Waals surface area contributed by atoms with Crippen LogP contribution in [-0.4, -0.2) is 0 Å². The summed E-state index contributed by atoms with van der Waals surface area (Å²) in [6.07, 6.45) is 21.7. The molecule has 1 rings (SSSR count). The van der Waals surface area contributed by atoms with E-state index in [0.717, 1.165) is 17.8 Å². The lowest BCUT2D eigenvalue weighted by molar-refractivity contribution is 0.0898. The molecule has 0 heteroatoms. The van der Waals surface area contributed by atoms with Crippen molar-refractivity contribution in [3.8, 4) is 0 Å². The van der Waals surface area contributed by atoms with Crippen LogP contribution in [0.15, 0.2) is 0 Å². The lowest BCUT2D eigenvalue weighted by atomic mass is 9.65. The Labute approximate surface area is 214 Å². The van der Waals surface area contributed by atoms with Crippen molar-refractivity contribution in [3.05, 3.63) is 0 Å². The molecule has 33 heavy (non-hydrogen) atoms. The van der Waals surface area contributed by atoms with Crippen molar-refractivity contribution in [2.75, 3.05) is 0 Å². The third kappa shape index (κ3) is 24.9. The Balaban J connectivity index is -0.000000615. The Morgan fingerprint density at radius 3 is 1.06 bits per heavy atom. The van der Waals surface area contributed by atoms with Crippen molar-refractivity contribution in [2.45, 2.75) is 186 Å². The molecule has 0 N–H and O–H groups in total. The third-order valence-corrected chi connectivity index (χ3v) is 7.24. The van der Waals surface area contributed by atoms with Crippen molar-refractivity contribution < 1.29 is 0 Å². The summed E-state index contributed by atoms with van der Waals surface area (Å²) in [6, 6.07) is 0. The van der Waals surface area contributed by atoms with E-state index >= 15 is 0 Å². The standard InChI is InChI=1S/C21H44.C8H16.2C2H6/c1-8-9-10-11-12-13-14-15-16-17-18-19(20(2,3)4)21(5,6)7;1-7-3-5-8(2)6-4-7;2*1-2/h19H,8-18H2,1-7H3;7-8H,3-6H2,1-2H3;2*1-2H3. The molecule has 1 saturated carbocycles. The number of unbranched alkanes of at least 4 members (excludes halogenated alkanes) is 9. The first-order chi connectivity index (χ1) is 15.5. The maximum Gasteiger partial charge on any atom is -0.0317 e. The van der Waals surface area contributed by atoms with Gasteiger partial charge in [-0.25, -0.2) is 0 Å². The predicted molar refractivity (Wildman–Crippen MR) is 158 cm³/mol. The van der Waals surface area contributed by atoms with E-state index in [1.165, 1.54) is 96.3 Å². The predicted octanol–water partition coefficient (Wildman–Crippen LogP) is 12.9. The largest absolute Gasteiger partial charge is 0.0683 e. The van der Waals surface area contributed by atoms with Crippen LogP contribution in [-0.2, 0) is 0 Å². The average molecular weight is 469 g/mol. The summed E-state index contributed by atoms with van der Waals surface area (Å²) in [5.41, 5.74) is 0.884.